The van der Waals surface area contributed by atoms with E-state index in [1.807, 2.05) is 0 Å². The average Bonchev–Trinajstić information content (AvgIpc) is 2.35. The SMILES string of the molecule is COc1ccc(/C=C(\C#N)C(=O)NC(N)=S)cc1. The topological polar surface area (TPSA) is 88.1 Å². The number of nitrogens with two attached hydrogens (primary N) is 1. The van der Waals surface area contributed by atoms with Crippen LogP contribution in [0, 0.1) is 11.3 Å². The third-order valence-corrected chi connectivity index (χ3v) is 2.13. The minimum atomic E-state index is -0.624. The summed E-state index contributed by atoms with van der Waals surface area (Å²) >= 11 is 4.53. The number of hydrogen-bond acceptors (Lipinski definition) is 4. The molecule has 0 heterocycles. The van der Waals surface area contributed by atoms with Gasteiger partial charge in [0.25, 0.3) is 5.91 Å². The second kappa shape index (κ2) is 6.37. The molecule has 0 saturated heterocycles. The molecule has 0 aliphatic carbocycles. The fraction of sp³-hybridized carbons (Fsp3) is 0.0833. The predicted molar refractivity (Wildman–Crippen MR) is 71.5 cm³/mol. The van der Waals surface area contributed by atoms with E-state index in [0.29, 0.717) is 11.3 Å². The number of amides is 1. The Kier molecular flexibility index (Phi) is 4.84. The molecule has 1 aromatic carbocycles. The Labute approximate surface area is 110 Å². The summed E-state index contributed by atoms with van der Waals surface area (Å²) in [6.07, 6.45) is 1.44. The zero-order valence-electron chi connectivity index (χ0n) is 9.64. The normalized spacial score (nSPS) is 10.3. The third kappa shape index (κ3) is 3.88. The molecule has 1 rings (SSSR count). The van der Waals surface area contributed by atoms with Gasteiger partial charge >= 0.3 is 0 Å². The summed E-state index contributed by atoms with van der Waals surface area (Å²) in [5.41, 5.74) is 5.79. The van der Waals surface area contributed by atoms with E-state index in [2.05, 4.69) is 17.5 Å². The lowest BCUT2D eigenvalue weighted by Gasteiger charge is -2.02. The average molecular weight is 261 g/mol. The first-order chi connectivity index (χ1) is 8.56. The van der Waals surface area contributed by atoms with Gasteiger partial charge in [-0.3, -0.25) is 10.1 Å². The molecule has 0 aromatic heterocycles. The molecule has 0 spiro atoms. The molecular formula is C12H11N3O2S. The lowest BCUT2D eigenvalue weighted by Crippen LogP contribution is -2.35. The Balaban J connectivity index is 2.93. The van der Waals surface area contributed by atoms with Gasteiger partial charge in [0.2, 0.25) is 0 Å². The number of nitrogens with one attached hydrogen (secondary N) is 1. The summed E-state index contributed by atoms with van der Waals surface area (Å²) < 4.78 is 5.00. The quantitative estimate of drug-likeness (QED) is 0.480. The van der Waals surface area contributed by atoms with Crippen molar-refractivity contribution < 1.29 is 9.53 Å². The Morgan fingerprint density at radius 2 is 2.11 bits per heavy atom. The summed E-state index contributed by atoms with van der Waals surface area (Å²) in [4.78, 5) is 11.5. The fourth-order valence-electron chi connectivity index (χ4n) is 1.19. The summed E-state index contributed by atoms with van der Waals surface area (Å²) in [5.74, 6) is 0.0686. The van der Waals surface area contributed by atoms with Gasteiger partial charge in [-0.1, -0.05) is 12.1 Å². The number of ether oxygens (including phenoxy) is 1. The maximum absolute atomic E-state index is 11.5. The molecule has 6 heteroatoms. The lowest BCUT2D eigenvalue weighted by molar-refractivity contribution is -0.115. The molecule has 0 radical (unpaired) electrons. The maximum Gasteiger partial charge on any atom is 0.268 e. The van der Waals surface area contributed by atoms with E-state index in [9.17, 15) is 4.79 Å². The predicted octanol–water partition coefficient (Wildman–Crippen LogP) is 0.962. The van der Waals surface area contributed by atoms with Crippen molar-refractivity contribution in [3.05, 3.63) is 35.4 Å². The van der Waals surface area contributed by atoms with Gasteiger partial charge in [-0.05, 0) is 36.0 Å². The van der Waals surface area contributed by atoms with E-state index >= 15 is 0 Å². The zero-order valence-corrected chi connectivity index (χ0v) is 10.5. The smallest absolute Gasteiger partial charge is 0.268 e. The van der Waals surface area contributed by atoms with Crippen LogP contribution in [0.25, 0.3) is 6.08 Å². The molecule has 0 fully saturated rings. The second-order valence-corrected chi connectivity index (χ2v) is 3.70. The molecule has 5 nitrogen and oxygen atoms in total. The number of nitrogens with zero attached hydrogens (tertiary/aromatic N) is 1. The van der Waals surface area contributed by atoms with Gasteiger partial charge in [0, 0.05) is 0 Å². The number of carbonyl (C=O) groups excluding carboxylic acids is 1. The summed E-state index contributed by atoms with van der Waals surface area (Å²) in [6, 6.07) is 8.70. The first kappa shape index (κ1) is 13.7. The van der Waals surface area contributed by atoms with Crippen LogP contribution in [0.5, 0.6) is 5.75 Å². The highest BCUT2D eigenvalue weighted by atomic mass is 32.1. The fourth-order valence-corrected chi connectivity index (χ4v) is 1.29. The van der Waals surface area contributed by atoms with E-state index in [1.54, 1.807) is 37.4 Å². The van der Waals surface area contributed by atoms with Crippen molar-refractivity contribution in [3.8, 4) is 11.8 Å². The van der Waals surface area contributed by atoms with Gasteiger partial charge in [0.05, 0.1) is 7.11 Å². The monoisotopic (exact) mass is 261 g/mol. The molecular weight excluding hydrogens is 250 g/mol. The van der Waals surface area contributed by atoms with Crippen molar-refractivity contribution in [3.63, 3.8) is 0 Å². The Morgan fingerprint density at radius 3 is 2.56 bits per heavy atom. The van der Waals surface area contributed by atoms with Crippen LogP contribution in [0.1, 0.15) is 5.56 Å². The summed E-state index contributed by atoms with van der Waals surface area (Å²) in [6.45, 7) is 0. The molecule has 0 bridgehead atoms. The number of carbonyl (C=O) groups is 1. The van der Waals surface area contributed by atoms with E-state index in [-0.39, 0.29) is 10.7 Å². The van der Waals surface area contributed by atoms with Crippen LogP contribution in [-0.4, -0.2) is 18.1 Å². The Bertz CT molecular complexity index is 529. The lowest BCUT2D eigenvalue weighted by atomic mass is 10.1. The van der Waals surface area contributed by atoms with Gasteiger partial charge < -0.3 is 10.5 Å². The van der Waals surface area contributed by atoms with Gasteiger partial charge in [-0.15, -0.1) is 0 Å². The van der Waals surface area contributed by atoms with Crippen molar-refractivity contribution in [1.82, 2.24) is 5.32 Å². The Hall–Kier alpha value is -2.39. The van der Waals surface area contributed by atoms with Gasteiger partial charge in [0.1, 0.15) is 17.4 Å². The van der Waals surface area contributed by atoms with E-state index in [4.69, 9.17) is 15.7 Å². The van der Waals surface area contributed by atoms with Crippen LogP contribution in [0.2, 0.25) is 0 Å². The van der Waals surface area contributed by atoms with Crippen LogP contribution in [-0.2, 0) is 4.79 Å². The zero-order chi connectivity index (χ0) is 13.5. The van der Waals surface area contributed by atoms with Crippen molar-refractivity contribution in [1.29, 1.82) is 5.26 Å². The number of benzene rings is 1. The van der Waals surface area contributed by atoms with Crippen molar-refractivity contribution in [2.75, 3.05) is 7.11 Å². The molecule has 92 valence electrons. The van der Waals surface area contributed by atoms with Crippen molar-refractivity contribution in [2.24, 2.45) is 5.73 Å². The van der Waals surface area contributed by atoms with E-state index in [1.165, 1.54) is 6.08 Å². The van der Waals surface area contributed by atoms with Gasteiger partial charge in [-0.25, -0.2) is 0 Å². The van der Waals surface area contributed by atoms with Crippen LogP contribution in [0.3, 0.4) is 0 Å². The number of hydrogen-bond donors (Lipinski definition) is 2. The molecule has 3 N–H and O–H groups in total. The number of thiocarbonyl (C=S) groups is 1. The van der Waals surface area contributed by atoms with Crippen LogP contribution >= 0.6 is 12.2 Å². The molecule has 0 saturated carbocycles. The molecule has 18 heavy (non-hydrogen) atoms. The second-order valence-electron chi connectivity index (χ2n) is 3.26. The summed E-state index contributed by atoms with van der Waals surface area (Å²) in [5, 5.41) is 10.9. The molecule has 1 amide bonds. The molecule has 1 aromatic rings. The molecule has 0 atom stereocenters. The molecule has 0 aliphatic rings. The molecule has 0 aliphatic heterocycles. The third-order valence-electron chi connectivity index (χ3n) is 2.03. The van der Waals surface area contributed by atoms with Crippen molar-refractivity contribution >= 4 is 29.3 Å². The number of rotatable bonds is 3. The van der Waals surface area contributed by atoms with Crippen molar-refractivity contribution in [2.45, 2.75) is 0 Å². The van der Waals surface area contributed by atoms with E-state index in [0.717, 1.165) is 0 Å². The van der Waals surface area contributed by atoms with Crippen LogP contribution < -0.4 is 15.8 Å². The minimum absolute atomic E-state index is 0.0760. The highest BCUT2D eigenvalue weighted by Crippen LogP contribution is 2.13. The largest absolute Gasteiger partial charge is 0.497 e. The standard InChI is InChI=1S/C12H11N3O2S/c1-17-10-4-2-8(3-5-10)6-9(7-13)11(16)15-12(14)18/h2-6H,1H3,(H3,14,15,16,18)/b9-6+. The minimum Gasteiger partial charge on any atom is -0.497 e. The number of nitriles is 1. The highest BCUT2D eigenvalue weighted by molar-refractivity contribution is 7.80. The van der Waals surface area contributed by atoms with Gasteiger partial charge in [0.15, 0.2) is 5.11 Å². The molecule has 0 unspecified atom stereocenters. The van der Waals surface area contributed by atoms with Crippen LogP contribution in [0.4, 0.5) is 0 Å². The first-order valence-corrected chi connectivity index (χ1v) is 5.34. The van der Waals surface area contributed by atoms with E-state index < -0.39 is 5.91 Å². The summed E-state index contributed by atoms with van der Waals surface area (Å²) in [7, 11) is 1.56. The highest BCUT2D eigenvalue weighted by Gasteiger charge is 2.09. The Morgan fingerprint density at radius 1 is 1.50 bits per heavy atom. The number of methoxy groups -OCH3 is 1. The maximum atomic E-state index is 11.5. The first-order valence-electron chi connectivity index (χ1n) is 4.93. The van der Waals surface area contributed by atoms with Gasteiger partial charge in [-0.2, -0.15) is 5.26 Å². The van der Waals surface area contributed by atoms with Crippen LogP contribution in [0.15, 0.2) is 29.8 Å².